The van der Waals surface area contributed by atoms with Gasteiger partial charge in [-0.15, -0.1) is 0 Å². The maximum absolute atomic E-state index is 10.7. The highest BCUT2D eigenvalue weighted by Crippen LogP contribution is 2.30. The summed E-state index contributed by atoms with van der Waals surface area (Å²) in [6.45, 7) is 6.11. The molecule has 0 aromatic heterocycles. The highest BCUT2D eigenvalue weighted by molar-refractivity contribution is 5.53. The number of aryl methyl sites for hydroxylation is 1. The summed E-state index contributed by atoms with van der Waals surface area (Å²) in [6, 6.07) is 14.9. The quantitative estimate of drug-likeness (QED) is 0.825. The first kappa shape index (κ1) is 16.4. The summed E-state index contributed by atoms with van der Waals surface area (Å²) in [5, 5.41) is 10.7. The summed E-state index contributed by atoms with van der Waals surface area (Å²) in [7, 11) is 0. The fourth-order valence-electron chi connectivity index (χ4n) is 4.31. The smallest absolute Gasteiger partial charge is 0.0739 e. The molecule has 1 fully saturated rings. The molecule has 1 saturated heterocycles. The highest BCUT2D eigenvalue weighted by Gasteiger charge is 2.34. The third kappa shape index (κ3) is 3.24. The Morgan fingerprint density at radius 1 is 1.00 bits per heavy atom. The van der Waals surface area contributed by atoms with E-state index in [1.54, 1.807) is 0 Å². The molecule has 0 spiro atoms. The minimum absolute atomic E-state index is 0.178. The lowest BCUT2D eigenvalue weighted by Crippen LogP contribution is -2.56. The van der Waals surface area contributed by atoms with Gasteiger partial charge in [0.15, 0.2) is 0 Å². The van der Waals surface area contributed by atoms with Crippen LogP contribution in [0.25, 0.3) is 0 Å². The van der Waals surface area contributed by atoms with Gasteiger partial charge in [0.25, 0.3) is 0 Å². The van der Waals surface area contributed by atoms with E-state index in [1.165, 1.54) is 22.4 Å². The first-order chi connectivity index (χ1) is 12.1. The molecule has 2 aromatic rings. The number of hydrogen-bond donors (Lipinski definition) is 2. The molecule has 0 amide bonds. The number of fused-ring (bicyclic) bond motifs is 1. The van der Waals surface area contributed by atoms with E-state index in [-0.39, 0.29) is 12.1 Å². The van der Waals surface area contributed by atoms with Gasteiger partial charge in [0.05, 0.1) is 6.10 Å². The van der Waals surface area contributed by atoms with Crippen LogP contribution in [-0.4, -0.2) is 48.3 Å². The largest absolute Gasteiger partial charge is 0.398 e. The number of nitrogens with zero attached hydrogens (tertiary/aromatic N) is 2. The van der Waals surface area contributed by atoms with E-state index in [4.69, 9.17) is 5.73 Å². The summed E-state index contributed by atoms with van der Waals surface area (Å²) in [5.41, 5.74) is 12.1. The Kier molecular flexibility index (Phi) is 4.40. The van der Waals surface area contributed by atoms with E-state index in [0.717, 1.165) is 38.3 Å². The Bertz CT molecular complexity index is 753. The first-order valence-corrected chi connectivity index (χ1v) is 9.22. The fraction of sp³-hybridized carbons (Fsp3) is 0.429. The van der Waals surface area contributed by atoms with Crippen LogP contribution in [0.3, 0.4) is 0 Å². The van der Waals surface area contributed by atoms with Crippen molar-refractivity contribution in [3.63, 3.8) is 0 Å². The van der Waals surface area contributed by atoms with Crippen LogP contribution in [0.4, 0.5) is 11.4 Å². The van der Waals surface area contributed by atoms with Crippen LogP contribution in [0.5, 0.6) is 0 Å². The molecule has 2 aliphatic rings. The van der Waals surface area contributed by atoms with Crippen molar-refractivity contribution in [2.24, 2.45) is 0 Å². The van der Waals surface area contributed by atoms with Crippen molar-refractivity contribution in [3.8, 4) is 0 Å². The van der Waals surface area contributed by atoms with Gasteiger partial charge >= 0.3 is 0 Å². The van der Waals surface area contributed by atoms with Crippen LogP contribution in [0.2, 0.25) is 0 Å². The van der Waals surface area contributed by atoms with Gasteiger partial charge in [-0.3, -0.25) is 4.90 Å². The topological polar surface area (TPSA) is 52.7 Å². The van der Waals surface area contributed by atoms with E-state index >= 15 is 0 Å². The number of benzene rings is 2. The van der Waals surface area contributed by atoms with Gasteiger partial charge < -0.3 is 15.7 Å². The number of anilines is 2. The van der Waals surface area contributed by atoms with Crippen LogP contribution < -0.4 is 10.6 Å². The number of aliphatic hydroxyl groups excluding tert-OH is 1. The van der Waals surface area contributed by atoms with Gasteiger partial charge in [-0.25, -0.2) is 0 Å². The molecule has 25 heavy (non-hydrogen) atoms. The molecule has 1 aliphatic carbocycles. The van der Waals surface area contributed by atoms with Crippen LogP contribution >= 0.6 is 0 Å². The molecule has 0 saturated carbocycles. The molecular formula is C21H27N3O. The summed E-state index contributed by atoms with van der Waals surface area (Å²) in [6.07, 6.45) is 1.26. The van der Waals surface area contributed by atoms with E-state index in [0.29, 0.717) is 6.42 Å². The maximum atomic E-state index is 10.7. The standard InChI is InChI=1S/C21H27N3O/c1-15-4-2-6-17(12-15)23-8-10-24(11-9-23)20-14-18-16(13-21(20)25)5-3-7-19(18)22/h2-7,12,20-21,25H,8-11,13-14,22H2,1H3. The van der Waals surface area contributed by atoms with Gasteiger partial charge in [0.2, 0.25) is 0 Å². The van der Waals surface area contributed by atoms with E-state index in [9.17, 15) is 5.11 Å². The molecule has 4 heteroatoms. The molecule has 0 radical (unpaired) electrons. The molecule has 0 bridgehead atoms. The van der Waals surface area contributed by atoms with Gasteiger partial charge in [-0.05, 0) is 48.2 Å². The number of piperazine rings is 1. The highest BCUT2D eigenvalue weighted by atomic mass is 16.3. The van der Waals surface area contributed by atoms with Crippen LogP contribution in [0, 0.1) is 6.92 Å². The lowest BCUT2D eigenvalue weighted by atomic mass is 9.84. The third-order valence-electron chi connectivity index (χ3n) is 5.75. The fourth-order valence-corrected chi connectivity index (χ4v) is 4.31. The molecular weight excluding hydrogens is 310 g/mol. The Morgan fingerprint density at radius 2 is 1.76 bits per heavy atom. The summed E-state index contributed by atoms with van der Waals surface area (Å²) >= 11 is 0. The molecule has 3 N–H and O–H groups in total. The summed E-state index contributed by atoms with van der Waals surface area (Å²) in [5.74, 6) is 0. The van der Waals surface area contributed by atoms with Crippen molar-refractivity contribution in [2.75, 3.05) is 36.8 Å². The Labute approximate surface area is 149 Å². The number of nitrogens with two attached hydrogens (primary N) is 1. The second kappa shape index (κ2) is 6.70. The van der Waals surface area contributed by atoms with Crippen molar-refractivity contribution in [1.29, 1.82) is 0 Å². The molecule has 2 atom stereocenters. The third-order valence-corrected chi connectivity index (χ3v) is 5.75. The number of nitrogen functional groups attached to an aromatic ring is 1. The maximum Gasteiger partial charge on any atom is 0.0739 e. The van der Waals surface area contributed by atoms with E-state index < -0.39 is 0 Å². The minimum Gasteiger partial charge on any atom is -0.398 e. The molecule has 2 aromatic carbocycles. The average molecular weight is 337 g/mol. The zero-order valence-corrected chi connectivity index (χ0v) is 14.9. The van der Waals surface area contributed by atoms with Gasteiger partial charge in [0.1, 0.15) is 0 Å². The second-order valence-electron chi connectivity index (χ2n) is 7.39. The zero-order valence-electron chi connectivity index (χ0n) is 14.9. The van der Waals surface area contributed by atoms with Crippen molar-refractivity contribution >= 4 is 11.4 Å². The predicted molar refractivity (Wildman–Crippen MR) is 103 cm³/mol. The monoisotopic (exact) mass is 337 g/mol. The lowest BCUT2D eigenvalue weighted by Gasteiger charge is -2.44. The van der Waals surface area contributed by atoms with Crippen LogP contribution in [0.15, 0.2) is 42.5 Å². The first-order valence-electron chi connectivity index (χ1n) is 9.22. The number of aliphatic hydroxyl groups is 1. The lowest BCUT2D eigenvalue weighted by molar-refractivity contribution is 0.0397. The van der Waals surface area contributed by atoms with E-state index in [1.807, 2.05) is 12.1 Å². The predicted octanol–water partition coefficient (Wildman–Crippen LogP) is 2.23. The minimum atomic E-state index is -0.306. The second-order valence-corrected chi connectivity index (χ2v) is 7.39. The van der Waals surface area contributed by atoms with Crippen molar-refractivity contribution in [3.05, 3.63) is 59.2 Å². The Balaban J connectivity index is 1.45. The van der Waals surface area contributed by atoms with Gasteiger partial charge in [-0.2, -0.15) is 0 Å². The molecule has 4 nitrogen and oxygen atoms in total. The zero-order chi connectivity index (χ0) is 17.4. The summed E-state index contributed by atoms with van der Waals surface area (Å²) in [4.78, 5) is 4.90. The SMILES string of the molecule is Cc1cccc(N2CCN(C3Cc4c(N)cccc4CC3O)CC2)c1. The van der Waals surface area contributed by atoms with Crippen molar-refractivity contribution < 1.29 is 5.11 Å². The average Bonchev–Trinajstić information content (AvgIpc) is 2.62. The molecule has 4 rings (SSSR count). The van der Waals surface area contributed by atoms with Crippen LogP contribution in [0.1, 0.15) is 16.7 Å². The molecule has 1 heterocycles. The van der Waals surface area contributed by atoms with Crippen LogP contribution in [-0.2, 0) is 12.8 Å². The van der Waals surface area contributed by atoms with E-state index in [2.05, 4.69) is 47.1 Å². The number of hydrogen-bond acceptors (Lipinski definition) is 4. The molecule has 2 unspecified atom stereocenters. The normalized spacial score (nSPS) is 24.2. The number of rotatable bonds is 2. The Morgan fingerprint density at radius 3 is 2.52 bits per heavy atom. The van der Waals surface area contributed by atoms with Gasteiger partial charge in [-0.1, -0.05) is 24.3 Å². The Hall–Kier alpha value is -2.04. The molecule has 132 valence electrons. The van der Waals surface area contributed by atoms with Crippen molar-refractivity contribution in [2.45, 2.75) is 31.9 Å². The van der Waals surface area contributed by atoms with Gasteiger partial charge in [0, 0.05) is 50.0 Å². The molecule has 1 aliphatic heterocycles. The summed E-state index contributed by atoms with van der Waals surface area (Å²) < 4.78 is 0. The van der Waals surface area contributed by atoms with Crippen molar-refractivity contribution in [1.82, 2.24) is 4.90 Å².